The van der Waals surface area contributed by atoms with Crippen LogP contribution in [0.4, 0.5) is 0 Å². The maximum Gasteiger partial charge on any atom is 0.331 e. The molecule has 0 saturated carbocycles. The maximum atomic E-state index is 13.0. The first kappa shape index (κ1) is 20.7. The van der Waals surface area contributed by atoms with Crippen molar-refractivity contribution in [2.45, 2.75) is 72.0 Å². The number of fused-ring (bicyclic) bond motifs is 1. The van der Waals surface area contributed by atoms with Gasteiger partial charge in [0.2, 0.25) is 0 Å². The Labute approximate surface area is 156 Å². The topological polar surface area (TPSA) is 98.9 Å². The molecule has 2 aromatic heterocycles. The van der Waals surface area contributed by atoms with E-state index in [-0.39, 0.29) is 24.1 Å². The van der Waals surface area contributed by atoms with E-state index in [4.69, 9.17) is 0 Å². The van der Waals surface area contributed by atoms with Crippen molar-refractivity contribution < 1.29 is 0 Å². The van der Waals surface area contributed by atoms with Crippen LogP contribution in [0.1, 0.15) is 52.4 Å². The molecule has 2 aromatic rings. The second-order valence-corrected chi connectivity index (χ2v) is 6.66. The number of hydrogen-bond donors (Lipinski definition) is 1. The van der Waals surface area contributed by atoms with Crippen LogP contribution in [-0.2, 0) is 19.6 Å². The third-order valence-electron chi connectivity index (χ3n) is 4.63. The van der Waals surface area contributed by atoms with E-state index in [9.17, 15) is 19.2 Å². The number of aryl methyl sites for hydroxylation is 1. The molecule has 148 valence electrons. The highest BCUT2D eigenvalue weighted by Crippen LogP contribution is 2.03. The van der Waals surface area contributed by atoms with E-state index in [0.29, 0.717) is 19.4 Å². The molecule has 0 atom stereocenters. The van der Waals surface area contributed by atoms with Gasteiger partial charge in [-0.2, -0.15) is 0 Å². The second kappa shape index (κ2) is 9.34. The van der Waals surface area contributed by atoms with Crippen molar-refractivity contribution >= 4 is 11.0 Å². The van der Waals surface area contributed by atoms with Gasteiger partial charge in [-0.25, -0.2) is 9.59 Å². The Morgan fingerprint density at radius 3 is 2.00 bits per heavy atom. The number of aromatic amines is 1. The van der Waals surface area contributed by atoms with Gasteiger partial charge in [-0.3, -0.25) is 23.3 Å². The van der Waals surface area contributed by atoms with Crippen LogP contribution < -0.4 is 22.5 Å². The van der Waals surface area contributed by atoms with Crippen LogP contribution in [0.15, 0.2) is 31.8 Å². The van der Waals surface area contributed by atoms with Crippen molar-refractivity contribution in [1.29, 1.82) is 0 Å². The van der Waals surface area contributed by atoms with E-state index in [0.717, 1.165) is 34.8 Å². The summed E-state index contributed by atoms with van der Waals surface area (Å²) in [6.45, 7) is 8.23. The smallest absolute Gasteiger partial charge is 0.301 e. The summed E-state index contributed by atoms with van der Waals surface area (Å²) < 4.78 is 3.43. The number of unbranched alkanes of at least 4 members (excludes halogenated alkanes) is 4. The fraction of sp³-hybridized carbons (Fsp3) is 0.579. The normalized spacial score (nSPS) is 11.2. The van der Waals surface area contributed by atoms with Crippen LogP contribution in [-0.4, -0.2) is 18.7 Å². The van der Waals surface area contributed by atoms with Crippen molar-refractivity contribution in [2.75, 3.05) is 0 Å². The molecule has 0 aliphatic carbocycles. The molecular weight excluding hydrogens is 348 g/mol. The first-order chi connectivity index (χ1) is 13.0. The summed E-state index contributed by atoms with van der Waals surface area (Å²) in [5.41, 5.74) is -2.55. The van der Waals surface area contributed by atoms with Gasteiger partial charge >= 0.3 is 11.4 Å². The van der Waals surface area contributed by atoms with Gasteiger partial charge in [0.25, 0.3) is 11.1 Å². The van der Waals surface area contributed by atoms with Gasteiger partial charge in [0, 0.05) is 19.6 Å². The molecule has 0 amide bonds. The zero-order chi connectivity index (χ0) is 20.0. The molecule has 27 heavy (non-hydrogen) atoms. The van der Waals surface area contributed by atoms with E-state index in [2.05, 4.69) is 11.6 Å². The predicted octanol–water partition coefficient (Wildman–Crippen LogP) is 1.58. The summed E-state index contributed by atoms with van der Waals surface area (Å²) in [7, 11) is 0. The molecule has 0 bridgehead atoms. The highest BCUT2D eigenvalue weighted by Gasteiger charge is 2.18. The van der Waals surface area contributed by atoms with Gasteiger partial charge in [0.1, 0.15) is 11.0 Å². The number of hydrogen-bond acceptors (Lipinski definition) is 4. The van der Waals surface area contributed by atoms with Crippen LogP contribution in [0.5, 0.6) is 0 Å². The molecular formula is C19H28N4O4. The molecule has 0 aromatic carbocycles. The number of allylic oxidation sites excluding steroid dienone is 1. The fourth-order valence-corrected chi connectivity index (χ4v) is 3.17. The Morgan fingerprint density at radius 1 is 0.852 bits per heavy atom. The minimum Gasteiger partial charge on any atom is -0.301 e. The Balaban J connectivity index is 2.81. The van der Waals surface area contributed by atoms with E-state index >= 15 is 0 Å². The number of aromatic nitrogens is 4. The van der Waals surface area contributed by atoms with Crippen molar-refractivity contribution in [1.82, 2.24) is 18.7 Å². The largest absolute Gasteiger partial charge is 0.331 e. The third-order valence-corrected chi connectivity index (χ3v) is 4.63. The number of rotatable bonds is 10. The van der Waals surface area contributed by atoms with Crippen LogP contribution in [0.2, 0.25) is 0 Å². The Morgan fingerprint density at radius 2 is 1.44 bits per heavy atom. The van der Waals surface area contributed by atoms with Crippen molar-refractivity contribution in [3.05, 3.63) is 54.3 Å². The molecule has 0 aliphatic heterocycles. The quantitative estimate of drug-likeness (QED) is 0.503. The summed E-state index contributed by atoms with van der Waals surface area (Å²) in [4.78, 5) is 53.4. The summed E-state index contributed by atoms with van der Waals surface area (Å²) in [6, 6.07) is 0. The van der Waals surface area contributed by atoms with E-state index in [1.54, 1.807) is 0 Å². The minimum atomic E-state index is -0.677. The second-order valence-electron chi connectivity index (χ2n) is 6.66. The van der Waals surface area contributed by atoms with Crippen LogP contribution in [0.25, 0.3) is 11.0 Å². The first-order valence-corrected chi connectivity index (χ1v) is 9.59. The predicted molar refractivity (Wildman–Crippen MR) is 107 cm³/mol. The number of nitrogens with one attached hydrogen (secondary N) is 1. The molecule has 0 aliphatic rings. The SMILES string of the molecule is C=CCn1c(=O)[nH]c2c(=O)n(CCCCC)c(=O)n(CCCCC)c2c1=O. The summed E-state index contributed by atoms with van der Waals surface area (Å²) in [6.07, 6.45) is 6.51. The summed E-state index contributed by atoms with van der Waals surface area (Å²) in [5.74, 6) is 0. The minimum absolute atomic E-state index is 0.00679. The maximum absolute atomic E-state index is 13.0. The molecule has 0 saturated heterocycles. The molecule has 8 nitrogen and oxygen atoms in total. The lowest BCUT2D eigenvalue weighted by atomic mass is 10.2. The van der Waals surface area contributed by atoms with Gasteiger partial charge in [-0.05, 0) is 12.8 Å². The molecule has 0 unspecified atom stereocenters. The monoisotopic (exact) mass is 376 g/mol. The Hall–Kier alpha value is -2.64. The average molecular weight is 376 g/mol. The highest BCUT2D eigenvalue weighted by molar-refractivity contribution is 5.72. The lowest BCUT2D eigenvalue weighted by Gasteiger charge is -2.14. The van der Waals surface area contributed by atoms with Gasteiger partial charge in [-0.15, -0.1) is 6.58 Å². The van der Waals surface area contributed by atoms with Gasteiger partial charge in [0.15, 0.2) is 0 Å². The molecule has 0 fully saturated rings. The molecule has 0 spiro atoms. The van der Waals surface area contributed by atoms with Crippen molar-refractivity contribution in [2.24, 2.45) is 0 Å². The number of H-pyrrole nitrogens is 1. The Kier molecular flexibility index (Phi) is 7.15. The molecule has 0 radical (unpaired) electrons. The van der Waals surface area contributed by atoms with Gasteiger partial charge in [0.05, 0.1) is 0 Å². The van der Waals surface area contributed by atoms with Crippen LogP contribution in [0, 0.1) is 0 Å². The van der Waals surface area contributed by atoms with Gasteiger partial charge < -0.3 is 4.98 Å². The van der Waals surface area contributed by atoms with Crippen LogP contribution in [0.3, 0.4) is 0 Å². The molecule has 2 rings (SSSR count). The summed E-state index contributed by atoms with van der Waals surface area (Å²) >= 11 is 0. The fourth-order valence-electron chi connectivity index (χ4n) is 3.17. The molecule has 1 N–H and O–H groups in total. The van der Waals surface area contributed by atoms with Crippen molar-refractivity contribution in [3.8, 4) is 0 Å². The van der Waals surface area contributed by atoms with E-state index < -0.39 is 22.5 Å². The number of nitrogens with zero attached hydrogens (tertiary/aromatic N) is 3. The lowest BCUT2D eigenvalue weighted by Crippen LogP contribution is -2.46. The zero-order valence-corrected chi connectivity index (χ0v) is 16.1. The molecule has 8 heteroatoms. The third kappa shape index (κ3) is 4.20. The van der Waals surface area contributed by atoms with E-state index in [1.165, 1.54) is 10.6 Å². The first-order valence-electron chi connectivity index (χ1n) is 9.59. The van der Waals surface area contributed by atoms with Crippen molar-refractivity contribution in [3.63, 3.8) is 0 Å². The summed E-state index contributed by atoms with van der Waals surface area (Å²) in [5, 5.41) is 0. The average Bonchev–Trinajstić information content (AvgIpc) is 2.64. The standard InChI is InChI=1S/C19H28N4O4/c1-4-7-9-12-21-15-14(20-18(26)22(11-6-3)17(15)25)16(24)23(19(21)27)13-10-8-5-2/h6H,3-5,7-13H2,1-2H3,(H,20,26). The van der Waals surface area contributed by atoms with Gasteiger partial charge in [-0.1, -0.05) is 45.6 Å². The highest BCUT2D eigenvalue weighted by atomic mass is 16.2. The lowest BCUT2D eigenvalue weighted by molar-refractivity contribution is 0.514. The zero-order valence-electron chi connectivity index (χ0n) is 16.1. The Bertz CT molecular complexity index is 1040. The van der Waals surface area contributed by atoms with Crippen LogP contribution >= 0.6 is 0 Å². The van der Waals surface area contributed by atoms with E-state index in [1.807, 2.05) is 13.8 Å². The molecule has 2 heterocycles.